The van der Waals surface area contributed by atoms with Gasteiger partial charge in [0.15, 0.2) is 5.82 Å². The number of nitrogens with zero attached hydrogens (tertiary/aromatic N) is 1. The lowest BCUT2D eigenvalue weighted by atomic mass is 10.1. The summed E-state index contributed by atoms with van der Waals surface area (Å²) in [6, 6.07) is 15.6. The minimum Gasteiger partial charge on any atom is -0.489 e. The van der Waals surface area contributed by atoms with Crippen molar-refractivity contribution in [1.82, 2.24) is 10.2 Å². The molecule has 158 valence electrons. The number of aryl methyl sites for hydroxylation is 2. The number of anilines is 2. The summed E-state index contributed by atoms with van der Waals surface area (Å²) in [5, 5.41) is 13.4. The van der Waals surface area contributed by atoms with Crippen molar-refractivity contribution in [3.05, 3.63) is 81.6 Å². The Balaban J connectivity index is 1.44. The number of rotatable bonds is 5. The SMILES string of the molecule is Cc1ccc(NC(=O)Nc2n[nH]c3cc(OCc4ccc(Br)cc4F)ccc23)c(C)c1. The number of urea groups is 1. The summed E-state index contributed by atoms with van der Waals surface area (Å²) in [5.74, 6) is 0.630. The maximum atomic E-state index is 14.0. The van der Waals surface area contributed by atoms with E-state index >= 15 is 0 Å². The largest absolute Gasteiger partial charge is 0.489 e. The second-order valence-electron chi connectivity index (χ2n) is 7.20. The normalized spacial score (nSPS) is 10.8. The lowest BCUT2D eigenvalue weighted by Gasteiger charge is -2.10. The highest BCUT2D eigenvalue weighted by Crippen LogP contribution is 2.26. The number of hydrogen-bond acceptors (Lipinski definition) is 3. The molecule has 2 amide bonds. The number of halogens is 2. The molecule has 0 aliphatic heterocycles. The molecule has 0 bridgehead atoms. The highest BCUT2D eigenvalue weighted by molar-refractivity contribution is 9.10. The molecule has 4 aromatic rings. The van der Waals surface area contributed by atoms with Gasteiger partial charge in [0.2, 0.25) is 0 Å². The molecule has 3 aromatic carbocycles. The van der Waals surface area contributed by atoms with Gasteiger partial charge in [0, 0.05) is 27.2 Å². The van der Waals surface area contributed by atoms with Gasteiger partial charge in [0.25, 0.3) is 0 Å². The van der Waals surface area contributed by atoms with Gasteiger partial charge < -0.3 is 10.1 Å². The van der Waals surface area contributed by atoms with Crippen molar-refractivity contribution in [2.24, 2.45) is 0 Å². The van der Waals surface area contributed by atoms with Crippen LogP contribution in [0.4, 0.5) is 20.7 Å². The molecule has 0 atom stereocenters. The fraction of sp³-hybridized carbons (Fsp3) is 0.130. The first-order valence-corrected chi connectivity index (χ1v) is 10.4. The van der Waals surface area contributed by atoms with Gasteiger partial charge in [-0.05, 0) is 49.7 Å². The van der Waals surface area contributed by atoms with Crippen LogP contribution >= 0.6 is 15.9 Å². The van der Waals surface area contributed by atoms with Gasteiger partial charge in [0.1, 0.15) is 18.2 Å². The molecule has 0 aliphatic rings. The molecule has 0 saturated carbocycles. The van der Waals surface area contributed by atoms with Crippen molar-refractivity contribution in [2.75, 3.05) is 10.6 Å². The van der Waals surface area contributed by atoms with E-state index < -0.39 is 0 Å². The van der Waals surface area contributed by atoms with Gasteiger partial charge in [-0.25, -0.2) is 9.18 Å². The molecule has 1 heterocycles. The molecule has 0 aliphatic carbocycles. The Kier molecular flexibility index (Phi) is 5.90. The Morgan fingerprint density at radius 3 is 2.71 bits per heavy atom. The summed E-state index contributed by atoms with van der Waals surface area (Å²) < 4.78 is 20.3. The van der Waals surface area contributed by atoms with E-state index in [2.05, 4.69) is 36.8 Å². The average molecular weight is 483 g/mol. The Hall–Kier alpha value is -3.39. The molecule has 1 aromatic heterocycles. The fourth-order valence-corrected chi connectivity index (χ4v) is 3.53. The number of H-pyrrole nitrogens is 1. The molecule has 6 nitrogen and oxygen atoms in total. The fourth-order valence-electron chi connectivity index (χ4n) is 3.20. The molecule has 3 N–H and O–H groups in total. The zero-order chi connectivity index (χ0) is 22.0. The number of aromatic amines is 1. The molecular weight excluding hydrogens is 463 g/mol. The maximum Gasteiger partial charge on any atom is 0.324 e. The number of aromatic nitrogens is 2. The monoisotopic (exact) mass is 482 g/mol. The van der Waals surface area contributed by atoms with Crippen molar-refractivity contribution < 1.29 is 13.9 Å². The van der Waals surface area contributed by atoms with Crippen LogP contribution in [0.5, 0.6) is 5.75 Å². The first-order valence-electron chi connectivity index (χ1n) is 9.59. The number of ether oxygens (including phenoxy) is 1. The van der Waals surface area contributed by atoms with Crippen molar-refractivity contribution in [3.63, 3.8) is 0 Å². The Labute approximate surface area is 186 Å². The minimum absolute atomic E-state index is 0.0994. The highest BCUT2D eigenvalue weighted by Gasteiger charge is 2.12. The van der Waals surface area contributed by atoms with Crippen LogP contribution in [0.25, 0.3) is 10.9 Å². The standard InChI is InChI=1S/C23H20BrFN4O2/c1-13-3-8-20(14(2)9-13)26-23(30)27-22-18-7-6-17(11-21(18)28-29-22)31-12-15-4-5-16(24)10-19(15)25/h3-11H,12H2,1-2H3,(H3,26,27,28,29,30). The number of benzene rings is 3. The minimum atomic E-state index is -0.383. The van der Waals surface area contributed by atoms with E-state index in [1.807, 2.05) is 32.0 Å². The first-order chi connectivity index (χ1) is 14.9. The molecule has 0 spiro atoms. The number of fused-ring (bicyclic) bond motifs is 1. The molecule has 0 saturated heterocycles. The van der Waals surface area contributed by atoms with E-state index in [1.165, 1.54) is 6.07 Å². The van der Waals surface area contributed by atoms with Crippen LogP contribution in [0.1, 0.15) is 16.7 Å². The number of hydrogen-bond donors (Lipinski definition) is 3. The third-order valence-electron chi connectivity index (χ3n) is 4.81. The van der Waals surface area contributed by atoms with Crippen LogP contribution in [0.3, 0.4) is 0 Å². The van der Waals surface area contributed by atoms with E-state index in [1.54, 1.807) is 30.3 Å². The van der Waals surface area contributed by atoms with Crippen LogP contribution in [0, 0.1) is 19.7 Å². The van der Waals surface area contributed by atoms with E-state index in [9.17, 15) is 9.18 Å². The Bertz CT molecular complexity index is 1270. The van der Waals surface area contributed by atoms with Gasteiger partial charge in [-0.1, -0.05) is 39.7 Å². The molecule has 31 heavy (non-hydrogen) atoms. The maximum absolute atomic E-state index is 14.0. The molecule has 0 fully saturated rings. The quantitative estimate of drug-likeness (QED) is 0.312. The zero-order valence-electron chi connectivity index (χ0n) is 16.9. The third kappa shape index (κ3) is 4.86. The van der Waals surface area contributed by atoms with Crippen LogP contribution in [0.2, 0.25) is 0 Å². The van der Waals surface area contributed by atoms with E-state index in [0.717, 1.165) is 22.2 Å². The lowest BCUT2D eigenvalue weighted by molar-refractivity contribution is 0.262. The van der Waals surface area contributed by atoms with E-state index in [4.69, 9.17) is 4.74 Å². The van der Waals surface area contributed by atoms with Crippen LogP contribution in [-0.2, 0) is 6.61 Å². The van der Waals surface area contributed by atoms with Crippen LogP contribution < -0.4 is 15.4 Å². The summed E-state index contributed by atoms with van der Waals surface area (Å²) in [7, 11) is 0. The van der Waals surface area contributed by atoms with E-state index in [0.29, 0.717) is 27.1 Å². The lowest BCUT2D eigenvalue weighted by Crippen LogP contribution is -2.20. The number of carbonyl (C=O) groups is 1. The molecule has 8 heteroatoms. The first kappa shape index (κ1) is 20.9. The summed E-state index contributed by atoms with van der Waals surface area (Å²) >= 11 is 3.24. The van der Waals surface area contributed by atoms with Gasteiger partial charge in [-0.15, -0.1) is 0 Å². The molecule has 0 radical (unpaired) electrons. The number of amides is 2. The summed E-state index contributed by atoms with van der Waals surface area (Å²) in [6.07, 6.45) is 0. The average Bonchev–Trinajstić information content (AvgIpc) is 3.11. The molecule has 0 unspecified atom stereocenters. The zero-order valence-corrected chi connectivity index (χ0v) is 18.5. The second-order valence-corrected chi connectivity index (χ2v) is 8.12. The summed E-state index contributed by atoms with van der Waals surface area (Å²) in [6.45, 7) is 4.04. The van der Waals surface area contributed by atoms with Crippen molar-refractivity contribution in [1.29, 1.82) is 0 Å². The molecular formula is C23H20BrFN4O2. The van der Waals surface area contributed by atoms with E-state index in [-0.39, 0.29) is 18.5 Å². The van der Waals surface area contributed by atoms with Crippen molar-refractivity contribution in [3.8, 4) is 5.75 Å². The Morgan fingerprint density at radius 2 is 1.94 bits per heavy atom. The van der Waals surface area contributed by atoms with Crippen molar-refractivity contribution in [2.45, 2.75) is 20.5 Å². The third-order valence-corrected chi connectivity index (χ3v) is 5.30. The highest BCUT2D eigenvalue weighted by atomic mass is 79.9. The second kappa shape index (κ2) is 8.77. The number of carbonyl (C=O) groups excluding carboxylic acids is 1. The predicted octanol–water partition coefficient (Wildman–Crippen LogP) is 6.30. The predicted molar refractivity (Wildman–Crippen MR) is 123 cm³/mol. The summed E-state index contributed by atoms with van der Waals surface area (Å²) in [5.41, 5.74) is 3.99. The summed E-state index contributed by atoms with van der Waals surface area (Å²) in [4.78, 5) is 12.4. The Morgan fingerprint density at radius 1 is 1.10 bits per heavy atom. The molecule has 4 rings (SSSR count). The van der Waals surface area contributed by atoms with Gasteiger partial charge in [-0.3, -0.25) is 10.4 Å². The van der Waals surface area contributed by atoms with Gasteiger partial charge >= 0.3 is 6.03 Å². The van der Waals surface area contributed by atoms with Gasteiger partial charge in [-0.2, -0.15) is 5.10 Å². The van der Waals surface area contributed by atoms with Gasteiger partial charge in [0.05, 0.1) is 5.52 Å². The smallest absolute Gasteiger partial charge is 0.324 e. The topological polar surface area (TPSA) is 79.0 Å². The van der Waals surface area contributed by atoms with Crippen LogP contribution in [0.15, 0.2) is 59.1 Å². The van der Waals surface area contributed by atoms with Crippen molar-refractivity contribution >= 4 is 44.4 Å². The number of nitrogens with one attached hydrogen (secondary N) is 3. The van der Waals surface area contributed by atoms with Crippen LogP contribution in [-0.4, -0.2) is 16.2 Å².